The number of nitrogens with zero attached hydrogens (tertiary/aromatic N) is 4. The van der Waals surface area contributed by atoms with Crippen molar-refractivity contribution in [1.29, 1.82) is 0 Å². The number of hydrogen-bond acceptors (Lipinski definition) is 5. The van der Waals surface area contributed by atoms with Gasteiger partial charge in [-0.05, 0) is 44.0 Å². The SMILES string of the molecule is Cc1nccc(CN2CCC(Oc3cccc4c3ccn4CC(N)=O)CC2)n1. The molecule has 1 amide bonds. The molecule has 146 valence electrons. The summed E-state index contributed by atoms with van der Waals surface area (Å²) in [6.45, 7) is 4.90. The molecule has 7 nitrogen and oxygen atoms in total. The first-order chi connectivity index (χ1) is 13.6. The van der Waals surface area contributed by atoms with E-state index in [4.69, 9.17) is 10.5 Å². The third-order valence-corrected chi connectivity index (χ3v) is 5.15. The van der Waals surface area contributed by atoms with Crippen molar-refractivity contribution in [3.63, 3.8) is 0 Å². The predicted molar refractivity (Wildman–Crippen MR) is 107 cm³/mol. The Labute approximate surface area is 164 Å². The van der Waals surface area contributed by atoms with Crippen LogP contribution in [-0.2, 0) is 17.9 Å². The number of hydrogen-bond donors (Lipinski definition) is 1. The number of likely N-dealkylation sites (tertiary alicyclic amines) is 1. The molecule has 0 aliphatic carbocycles. The zero-order chi connectivity index (χ0) is 19.5. The smallest absolute Gasteiger partial charge is 0.237 e. The summed E-state index contributed by atoms with van der Waals surface area (Å²) in [5.74, 6) is 1.33. The van der Waals surface area contributed by atoms with Crippen LogP contribution in [0.3, 0.4) is 0 Å². The van der Waals surface area contributed by atoms with Crippen LogP contribution in [0.25, 0.3) is 10.9 Å². The Hall–Kier alpha value is -2.93. The Morgan fingerprint density at radius 3 is 2.82 bits per heavy atom. The van der Waals surface area contributed by atoms with Crippen LogP contribution < -0.4 is 10.5 Å². The van der Waals surface area contributed by atoms with Crippen LogP contribution in [0.15, 0.2) is 42.7 Å². The summed E-state index contributed by atoms with van der Waals surface area (Å²) in [6, 6.07) is 9.90. The van der Waals surface area contributed by atoms with Gasteiger partial charge in [0.05, 0.1) is 11.2 Å². The molecule has 28 heavy (non-hydrogen) atoms. The highest BCUT2D eigenvalue weighted by Gasteiger charge is 2.22. The molecule has 1 aromatic carbocycles. The van der Waals surface area contributed by atoms with E-state index < -0.39 is 0 Å². The van der Waals surface area contributed by atoms with Crippen molar-refractivity contribution < 1.29 is 9.53 Å². The molecule has 0 bridgehead atoms. The van der Waals surface area contributed by atoms with Gasteiger partial charge in [-0.3, -0.25) is 9.69 Å². The Morgan fingerprint density at radius 1 is 1.25 bits per heavy atom. The standard InChI is InChI=1S/C21H25N5O2/c1-15-23-9-5-16(24-15)13-25-10-6-17(7-11-25)28-20-4-2-3-19-18(20)8-12-26(19)14-21(22)27/h2-5,8-9,12,17H,6-7,10-11,13-14H2,1H3,(H2,22,27). The van der Waals surface area contributed by atoms with Gasteiger partial charge in [-0.2, -0.15) is 0 Å². The molecule has 7 heteroatoms. The second kappa shape index (κ2) is 7.98. The number of ether oxygens (including phenoxy) is 1. The lowest BCUT2D eigenvalue weighted by Crippen LogP contribution is -2.38. The number of carbonyl (C=O) groups is 1. The number of carbonyl (C=O) groups excluding carboxylic acids is 1. The highest BCUT2D eigenvalue weighted by Crippen LogP contribution is 2.29. The number of aryl methyl sites for hydroxylation is 1. The Morgan fingerprint density at radius 2 is 2.07 bits per heavy atom. The topological polar surface area (TPSA) is 86.3 Å². The molecule has 3 aromatic rings. The van der Waals surface area contributed by atoms with Crippen molar-refractivity contribution in [1.82, 2.24) is 19.4 Å². The number of nitrogens with two attached hydrogens (primary N) is 1. The summed E-state index contributed by atoms with van der Waals surface area (Å²) in [4.78, 5) is 22.3. The molecule has 2 aromatic heterocycles. The molecule has 3 heterocycles. The van der Waals surface area contributed by atoms with Crippen molar-refractivity contribution >= 4 is 16.8 Å². The third kappa shape index (κ3) is 4.14. The minimum absolute atomic E-state index is 0.174. The lowest BCUT2D eigenvalue weighted by Gasteiger charge is -2.32. The van der Waals surface area contributed by atoms with Gasteiger partial charge in [-0.25, -0.2) is 9.97 Å². The maximum absolute atomic E-state index is 11.3. The molecular weight excluding hydrogens is 354 g/mol. The summed E-state index contributed by atoms with van der Waals surface area (Å²) in [7, 11) is 0. The summed E-state index contributed by atoms with van der Waals surface area (Å²) >= 11 is 0. The van der Waals surface area contributed by atoms with Gasteiger partial charge in [-0.1, -0.05) is 6.07 Å². The average Bonchev–Trinajstić information content (AvgIpc) is 3.07. The molecule has 1 aliphatic heterocycles. The van der Waals surface area contributed by atoms with Gasteiger partial charge in [0.25, 0.3) is 0 Å². The fourth-order valence-electron chi connectivity index (χ4n) is 3.79. The highest BCUT2D eigenvalue weighted by atomic mass is 16.5. The zero-order valence-electron chi connectivity index (χ0n) is 16.0. The average molecular weight is 379 g/mol. The van der Waals surface area contributed by atoms with Crippen LogP contribution in [-0.4, -0.2) is 44.5 Å². The minimum Gasteiger partial charge on any atom is -0.490 e. The molecule has 1 saturated heterocycles. The first-order valence-electron chi connectivity index (χ1n) is 9.62. The first-order valence-corrected chi connectivity index (χ1v) is 9.62. The summed E-state index contributed by atoms with van der Waals surface area (Å²) in [5.41, 5.74) is 7.36. The zero-order valence-corrected chi connectivity index (χ0v) is 16.0. The van der Waals surface area contributed by atoms with Crippen LogP contribution in [0.4, 0.5) is 0 Å². The molecule has 1 fully saturated rings. The van der Waals surface area contributed by atoms with Crippen LogP contribution in [0, 0.1) is 6.92 Å². The molecule has 0 atom stereocenters. The highest BCUT2D eigenvalue weighted by molar-refractivity contribution is 5.87. The summed E-state index contributed by atoms with van der Waals surface area (Å²) < 4.78 is 8.18. The number of aromatic nitrogens is 3. The van der Waals surface area contributed by atoms with Crippen LogP contribution in [0.1, 0.15) is 24.4 Å². The van der Waals surface area contributed by atoms with E-state index in [1.165, 1.54) is 0 Å². The van der Waals surface area contributed by atoms with Gasteiger partial charge in [0.15, 0.2) is 0 Å². The Kier molecular flexibility index (Phi) is 5.25. The van der Waals surface area contributed by atoms with Crippen molar-refractivity contribution in [2.24, 2.45) is 5.73 Å². The van der Waals surface area contributed by atoms with Gasteiger partial charge in [0.2, 0.25) is 5.91 Å². The number of rotatable bonds is 6. The van der Waals surface area contributed by atoms with Gasteiger partial charge < -0.3 is 15.0 Å². The van der Waals surface area contributed by atoms with Crippen molar-refractivity contribution in [3.05, 3.63) is 54.2 Å². The lowest BCUT2D eigenvalue weighted by molar-refractivity contribution is -0.118. The maximum atomic E-state index is 11.3. The van der Waals surface area contributed by atoms with Crippen LogP contribution in [0.5, 0.6) is 5.75 Å². The second-order valence-electron chi connectivity index (χ2n) is 7.29. The van der Waals surface area contributed by atoms with Crippen LogP contribution >= 0.6 is 0 Å². The van der Waals surface area contributed by atoms with Crippen molar-refractivity contribution in [2.75, 3.05) is 13.1 Å². The number of primary amides is 1. The van der Waals surface area contributed by atoms with E-state index in [1.807, 2.05) is 54.2 Å². The van der Waals surface area contributed by atoms with Crippen LogP contribution in [0.2, 0.25) is 0 Å². The minimum atomic E-state index is -0.352. The third-order valence-electron chi connectivity index (χ3n) is 5.15. The molecule has 0 radical (unpaired) electrons. The van der Waals surface area contributed by atoms with E-state index in [-0.39, 0.29) is 18.6 Å². The number of amides is 1. The second-order valence-corrected chi connectivity index (χ2v) is 7.29. The molecule has 0 spiro atoms. The van der Waals surface area contributed by atoms with E-state index in [0.717, 1.165) is 60.6 Å². The molecule has 4 rings (SSSR count). The number of benzene rings is 1. The van der Waals surface area contributed by atoms with E-state index in [0.29, 0.717) is 0 Å². The van der Waals surface area contributed by atoms with Crippen molar-refractivity contribution in [3.8, 4) is 5.75 Å². The summed E-state index contributed by atoms with van der Waals surface area (Å²) in [5, 5.41) is 1.02. The van der Waals surface area contributed by atoms with E-state index in [9.17, 15) is 4.79 Å². The molecule has 2 N–H and O–H groups in total. The molecule has 1 aliphatic rings. The first kappa shape index (κ1) is 18.4. The van der Waals surface area contributed by atoms with Crippen molar-refractivity contribution in [2.45, 2.75) is 39.0 Å². The maximum Gasteiger partial charge on any atom is 0.237 e. The number of fused-ring (bicyclic) bond motifs is 1. The largest absolute Gasteiger partial charge is 0.490 e. The molecule has 0 unspecified atom stereocenters. The molecular formula is C21H25N5O2. The number of piperidine rings is 1. The van der Waals surface area contributed by atoms with Gasteiger partial charge in [0.1, 0.15) is 24.2 Å². The fraction of sp³-hybridized carbons (Fsp3) is 0.381. The van der Waals surface area contributed by atoms with E-state index in [2.05, 4.69) is 14.9 Å². The van der Waals surface area contributed by atoms with Gasteiger partial charge in [-0.15, -0.1) is 0 Å². The monoisotopic (exact) mass is 379 g/mol. The van der Waals surface area contributed by atoms with Gasteiger partial charge in [0, 0.05) is 37.4 Å². The molecule has 0 saturated carbocycles. The predicted octanol–water partition coefficient (Wildman–Crippen LogP) is 2.27. The fourth-order valence-corrected chi connectivity index (χ4v) is 3.79. The van der Waals surface area contributed by atoms with E-state index >= 15 is 0 Å². The van der Waals surface area contributed by atoms with E-state index in [1.54, 1.807) is 0 Å². The lowest BCUT2D eigenvalue weighted by atomic mass is 10.1. The Balaban J connectivity index is 1.38. The quantitative estimate of drug-likeness (QED) is 0.710. The Bertz CT molecular complexity index is 976. The normalized spacial score (nSPS) is 15.8. The summed E-state index contributed by atoms with van der Waals surface area (Å²) in [6.07, 6.45) is 5.84. The van der Waals surface area contributed by atoms with Gasteiger partial charge >= 0.3 is 0 Å².